The minimum absolute atomic E-state index is 0.0931. The lowest BCUT2D eigenvalue weighted by Crippen LogP contribution is -2.38. The molecule has 0 aliphatic rings. The normalized spacial score (nSPS) is 11.8. The summed E-state index contributed by atoms with van der Waals surface area (Å²) in [4.78, 5) is 25.1. The number of carboxylic acids is 1. The Labute approximate surface area is 129 Å². The minimum Gasteiger partial charge on any atom is -0.478 e. The van der Waals surface area contributed by atoms with Gasteiger partial charge in [0.05, 0.1) is 11.3 Å². The Morgan fingerprint density at radius 3 is 2.67 bits per heavy atom. The third kappa shape index (κ3) is 4.67. The van der Waals surface area contributed by atoms with Crippen molar-refractivity contribution in [2.24, 2.45) is 0 Å². The van der Waals surface area contributed by atoms with Crippen molar-refractivity contribution >= 4 is 29.4 Å². The highest BCUT2D eigenvalue weighted by molar-refractivity contribution is 7.98. The smallest absolute Gasteiger partial charge is 0.338 e. The number of amides is 2. The summed E-state index contributed by atoms with van der Waals surface area (Å²) < 4.78 is 0. The second kappa shape index (κ2) is 7.93. The van der Waals surface area contributed by atoms with Crippen LogP contribution in [0.25, 0.3) is 0 Å². The zero-order valence-corrected chi connectivity index (χ0v) is 13.7. The largest absolute Gasteiger partial charge is 0.478 e. The van der Waals surface area contributed by atoms with Crippen molar-refractivity contribution < 1.29 is 14.7 Å². The molecule has 2 amide bonds. The molecule has 1 aromatic carbocycles. The SMILES string of the molecule is CSCCC(C)N(C)C(=O)Nc1cccc(C)c1C(=O)O. The van der Waals surface area contributed by atoms with Gasteiger partial charge in [0.2, 0.25) is 0 Å². The molecule has 0 aliphatic heterocycles. The van der Waals surface area contributed by atoms with Crippen molar-refractivity contribution in [3.63, 3.8) is 0 Å². The van der Waals surface area contributed by atoms with Gasteiger partial charge in [-0.25, -0.2) is 9.59 Å². The van der Waals surface area contributed by atoms with E-state index in [1.54, 1.807) is 48.8 Å². The van der Waals surface area contributed by atoms with Gasteiger partial charge >= 0.3 is 12.0 Å². The third-order valence-corrected chi connectivity index (χ3v) is 4.09. The standard InChI is InChI=1S/C15H22N2O3S/c1-10-6-5-7-12(13(10)14(18)19)16-15(20)17(3)11(2)8-9-21-4/h5-7,11H,8-9H2,1-4H3,(H,16,20)(H,18,19). The molecule has 0 fully saturated rings. The number of urea groups is 1. The quantitative estimate of drug-likeness (QED) is 0.846. The lowest BCUT2D eigenvalue weighted by Gasteiger charge is -2.25. The molecule has 5 nitrogen and oxygen atoms in total. The van der Waals surface area contributed by atoms with E-state index in [2.05, 4.69) is 5.32 Å². The highest BCUT2D eigenvalue weighted by Gasteiger charge is 2.19. The van der Waals surface area contributed by atoms with Gasteiger partial charge in [0.15, 0.2) is 0 Å². The maximum absolute atomic E-state index is 12.2. The summed E-state index contributed by atoms with van der Waals surface area (Å²) >= 11 is 1.74. The van der Waals surface area contributed by atoms with E-state index in [4.69, 9.17) is 0 Å². The molecule has 0 aromatic heterocycles. The van der Waals surface area contributed by atoms with E-state index in [0.29, 0.717) is 11.3 Å². The fraction of sp³-hybridized carbons (Fsp3) is 0.467. The molecule has 1 unspecified atom stereocenters. The summed E-state index contributed by atoms with van der Waals surface area (Å²) in [5.41, 5.74) is 1.09. The van der Waals surface area contributed by atoms with Crippen molar-refractivity contribution in [3.8, 4) is 0 Å². The second-order valence-corrected chi connectivity index (χ2v) is 5.96. The Balaban J connectivity index is 2.84. The van der Waals surface area contributed by atoms with Gasteiger partial charge in [0, 0.05) is 13.1 Å². The van der Waals surface area contributed by atoms with Gasteiger partial charge in [-0.3, -0.25) is 0 Å². The van der Waals surface area contributed by atoms with Crippen LogP contribution in [-0.4, -0.2) is 47.1 Å². The van der Waals surface area contributed by atoms with E-state index < -0.39 is 5.97 Å². The molecular formula is C15H22N2O3S. The van der Waals surface area contributed by atoms with Gasteiger partial charge in [-0.2, -0.15) is 11.8 Å². The van der Waals surface area contributed by atoms with Gasteiger partial charge in [-0.05, 0) is 43.9 Å². The first-order valence-corrected chi connectivity index (χ1v) is 8.13. The molecule has 0 spiro atoms. The van der Waals surface area contributed by atoms with Gasteiger partial charge in [0.1, 0.15) is 0 Å². The first kappa shape index (κ1) is 17.4. The summed E-state index contributed by atoms with van der Waals surface area (Å²) in [6.07, 6.45) is 2.92. The van der Waals surface area contributed by atoms with Crippen LogP contribution in [0.2, 0.25) is 0 Å². The Bertz CT molecular complexity index is 520. The van der Waals surface area contributed by atoms with E-state index >= 15 is 0 Å². The molecular weight excluding hydrogens is 288 g/mol. The van der Waals surface area contributed by atoms with Crippen molar-refractivity contribution in [3.05, 3.63) is 29.3 Å². The van der Waals surface area contributed by atoms with Crippen LogP contribution in [0.5, 0.6) is 0 Å². The number of carboxylic acid groups (broad SMARTS) is 1. The zero-order chi connectivity index (χ0) is 16.0. The number of nitrogens with one attached hydrogen (secondary N) is 1. The fourth-order valence-electron chi connectivity index (χ4n) is 1.94. The molecule has 0 radical (unpaired) electrons. The summed E-state index contributed by atoms with van der Waals surface area (Å²) in [6, 6.07) is 4.85. The molecule has 0 aliphatic carbocycles. The van der Waals surface area contributed by atoms with Crippen LogP contribution in [0.3, 0.4) is 0 Å². The van der Waals surface area contributed by atoms with E-state index in [1.165, 1.54) is 0 Å². The number of anilines is 1. The van der Waals surface area contributed by atoms with Crippen LogP contribution in [0.4, 0.5) is 10.5 Å². The van der Waals surface area contributed by atoms with E-state index in [-0.39, 0.29) is 17.6 Å². The van der Waals surface area contributed by atoms with Crippen LogP contribution >= 0.6 is 11.8 Å². The van der Waals surface area contributed by atoms with Crippen LogP contribution in [0.1, 0.15) is 29.3 Å². The molecule has 1 atom stereocenters. The maximum atomic E-state index is 12.2. The Hall–Kier alpha value is -1.69. The Morgan fingerprint density at radius 2 is 2.10 bits per heavy atom. The molecule has 0 saturated heterocycles. The summed E-state index contributed by atoms with van der Waals surface area (Å²) in [5, 5.41) is 11.9. The molecule has 21 heavy (non-hydrogen) atoms. The average molecular weight is 310 g/mol. The van der Waals surface area contributed by atoms with Crippen molar-refractivity contribution in [2.45, 2.75) is 26.3 Å². The molecule has 116 valence electrons. The third-order valence-electron chi connectivity index (χ3n) is 3.45. The van der Waals surface area contributed by atoms with E-state index in [1.807, 2.05) is 13.2 Å². The molecule has 0 bridgehead atoms. The number of aromatic carboxylic acids is 1. The summed E-state index contributed by atoms with van der Waals surface area (Å²) in [7, 11) is 1.72. The van der Waals surface area contributed by atoms with Gasteiger partial charge < -0.3 is 15.3 Å². The molecule has 0 saturated carbocycles. The van der Waals surface area contributed by atoms with Gasteiger partial charge in [-0.1, -0.05) is 12.1 Å². The topological polar surface area (TPSA) is 69.6 Å². The van der Waals surface area contributed by atoms with Crippen LogP contribution in [-0.2, 0) is 0 Å². The number of hydrogen-bond donors (Lipinski definition) is 2. The number of nitrogens with zero attached hydrogens (tertiary/aromatic N) is 1. The first-order chi connectivity index (χ1) is 9.88. The number of hydrogen-bond acceptors (Lipinski definition) is 3. The van der Waals surface area contributed by atoms with Gasteiger partial charge in [-0.15, -0.1) is 0 Å². The first-order valence-electron chi connectivity index (χ1n) is 6.74. The number of benzene rings is 1. The molecule has 2 N–H and O–H groups in total. The number of rotatable bonds is 6. The summed E-state index contributed by atoms with van der Waals surface area (Å²) in [5.74, 6) is -0.0645. The lowest BCUT2D eigenvalue weighted by atomic mass is 10.1. The maximum Gasteiger partial charge on any atom is 0.338 e. The molecule has 6 heteroatoms. The van der Waals surface area contributed by atoms with E-state index in [9.17, 15) is 14.7 Å². The fourth-order valence-corrected chi connectivity index (χ4v) is 2.52. The number of aryl methyl sites for hydroxylation is 1. The Kier molecular flexibility index (Phi) is 6.55. The van der Waals surface area contributed by atoms with E-state index in [0.717, 1.165) is 12.2 Å². The number of carbonyl (C=O) groups is 2. The highest BCUT2D eigenvalue weighted by atomic mass is 32.2. The van der Waals surface area contributed by atoms with Gasteiger partial charge in [0.25, 0.3) is 0 Å². The van der Waals surface area contributed by atoms with Crippen molar-refractivity contribution in [2.75, 3.05) is 24.4 Å². The van der Waals surface area contributed by atoms with Crippen LogP contribution in [0, 0.1) is 6.92 Å². The second-order valence-electron chi connectivity index (χ2n) is 4.97. The van der Waals surface area contributed by atoms with Crippen LogP contribution < -0.4 is 5.32 Å². The average Bonchev–Trinajstić information content (AvgIpc) is 2.43. The predicted molar refractivity (Wildman–Crippen MR) is 87.4 cm³/mol. The lowest BCUT2D eigenvalue weighted by molar-refractivity contribution is 0.0697. The predicted octanol–water partition coefficient (Wildman–Crippen LogP) is 3.30. The van der Waals surface area contributed by atoms with Crippen molar-refractivity contribution in [1.82, 2.24) is 4.90 Å². The zero-order valence-electron chi connectivity index (χ0n) is 12.8. The number of thioether (sulfide) groups is 1. The molecule has 0 heterocycles. The van der Waals surface area contributed by atoms with Crippen LogP contribution in [0.15, 0.2) is 18.2 Å². The minimum atomic E-state index is -1.04. The number of carbonyl (C=O) groups excluding carboxylic acids is 1. The molecule has 1 aromatic rings. The van der Waals surface area contributed by atoms with Crippen molar-refractivity contribution in [1.29, 1.82) is 0 Å². The molecule has 1 rings (SSSR count). The Morgan fingerprint density at radius 1 is 1.43 bits per heavy atom. The summed E-state index contributed by atoms with van der Waals surface area (Å²) in [6.45, 7) is 3.69. The highest BCUT2D eigenvalue weighted by Crippen LogP contribution is 2.20. The monoisotopic (exact) mass is 310 g/mol.